The lowest BCUT2D eigenvalue weighted by Crippen LogP contribution is -2.51. The Morgan fingerprint density at radius 2 is 1.46 bits per heavy atom. The lowest BCUT2D eigenvalue weighted by atomic mass is 9.47. The van der Waals surface area contributed by atoms with Crippen LogP contribution in [0.2, 0.25) is 0 Å². The van der Waals surface area contributed by atoms with E-state index in [1.165, 1.54) is 56.9 Å². The fraction of sp³-hybridized carbons (Fsp3) is 0.596. The van der Waals surface area contributed by atoms with E-state index in [4.69, 9.17) is 18.9 Å². The van der Waals surface area contributed by atoms with Crippen molar-refractivity contribution in [1.82, 2.24) is 5.32 Å². The molecule has 7 heteroatoms. The lowest BCUT2D eigenvalue weighted by Gasteiger charge is -2.58. The topological polar surface area (TPSA) is 86.2 Å². The van der Waals surface area contributed by atoms with Crippen molar-refractivity contribution in [3.63, 3.8) is 0 Å². The molecule has 320 valence electrons. The number of methoxy groups -OCH3 is 2. The molecule has 0 radical (unpaired) electrons. The van der Waals surface area contributed by atoms with E-state index in [9.17, 15) is 9.90 Å². The Balaban J connectivity index is 0.965. The van der Waals surface area contributed by atoms with Gasteiger partial charge in [0.2, 0.25) is 0 Å². The maximum atomic E-state index is 13.3. The van der Waals surface area contributed by atoms with Gasteiger partial charge in [-0.05, 0) is 132 Å². The van der Waals surface area contributed by atoms with Crippen LogP contribution in [0.1, 0.15) is 122 Å². The fourth-order valence-corrected chi connectivity index (χ4v) is 12.5. The Hall–Kier alpha value is -3.81. The molecule has 0 heterocycles. The predicted octanol–water partition coefficient (Wildman–Crippen LogP) is 11.5. The van der Waals surface area contributed by atoms with E-state index in [0.717, 1.165) is 83.0 Å². The van der Waals surface area contributed by atoms with Gasteiger partial charge in [-0.25, -0.2) is 4.79 Å². The molecule has 1 amide bonds. The SMILES string of the molecule is COc1ccc(C(OCC(O)CNC(=O)O[C@@H]2CC[C@]3(C)C(=CCC4C5CC[C@@H]([C@@H](C)CCCC(C)C)C5(C)CCC43)C2)(c2ccccc2)c2ccc(OC)cc2)cc1. The first kappa shape index (κ1) is 43.3. The number of fused-ring (bicyclic) bond motifs is 5. The zero-order valence-electron chi connectivity index (χ0n) is 36.9. The van der Waals surface area contributed by atoms with Gasteiger partial charge in [-0.15, -0.1) is 0 Å². The third-order valence-corrected chi connectivity index (χ3v) is 15.7. The number of ether oxygens (including phenoxy) is 4. The number of nitrogens with one attached hydrogen (secondary N) is 1. The van der Waals surface area contributed by atoms with Crippen molar-refractivity contribution in [1.29, 1.82) is 0 Å². The maximum Gasteiger partial charge on any atom is 0.407 e. The molecule has 9 atom stereocenters. The van der Waals surface area contributed by atoms with Gasteiger partial charge in [-0.1, -0.05) is 120 Å². The van der Waals surface area contributed by atoms with E-state index < -0.39 is 17.8 Å². The summed E-state index contributed by atoms with van der Waals surface area (Å²) in [6.07, 6.45) is 14.4. The molecule has 3 aromatic rings. The molecule has 0 aromatic heterocycles. The Kier molecular flexibility index (Phi) is 13.5. The van der Waals surface area contributed by atoms with Crippen LogP contribution in [0.3, 0.4) is 0 Å². The molecule has 3 fully saturated rings. The van der Waals surface area contributed by atoms with Gasteiger partial charge in [0, 0.05) is 13.0 Å². The zero-order chi connectivity index (χ0) is 41.8. The van der Waals surface area contributed by atoms with Gasteiger partial charge in [0.25, 0.3) is 0 Å². The number of amides is 1. The van der Waals surface area contributed by atoms with Crippen LogP contribution in [-0.4, -0.2) is 50.8 Å². The van der Waals surface area contributed by atoms with Crippen molar-refractivity contribution in [2.75, 3.05) is 27.4 Å². The average molecular weight is 806 g/mol. The monoisotopic (exact) mass is 806 g/mol. The van der Waals surface area contributed by atoms with E-state index in [0.29, 0.717) is 5.41 Å². The summed E-state index contributed by atoms with van der Waals surface area (Å²) in [5.74, 6) is 6.27. The molecular formula is C52H71NO6. The van der Waals surface area contributed by atoms with Gasteiger partial charge < -0.3 is 29.4 Å². The number of alkyl carbamates (subject to hydrolysis) is 1. The van der Waals surface area contributed by atoms with Gasteiger partial charge in [0.05, 0.1) is 26.9 Å². The van der Waals surface area contributed by atoms with E-state index in [-0.39, 0.29) is 24.7 Å². The summed E-state index contributed by atoms with van der Waals surface area (Å²) in [6.45, 7) is 12.4. The smallest absolute Gasteiger partial charge is 0.407 e. The molecule has 7 nitrogen and oxygen atoms in total. The normalized spacial score (nSPS) is 28.7. The molecule has 4 aliphatic rings. The van der Waals surface area contributed by atoms with Crippen LogP contribution in [-0.2, 0) is 15.1 Å². The van der Waals surface area contributed by atoms with Gasteiger partial charge in [-0.3, -0.25) is 0 Å². The lowest BCUT2D eigenvalue weighted by molar-refractivity contribution is -0.0584. The molecule has 2 N–H and O–H groups in total. The third kappa shape index (κ3) is 8.84. The van der Waals surface area contributed by atoms with Crippen molar-refractivity contribution in [3.05, 3.63) is 107 Å². The zero-order valence-corrected chi connectivity index (χ0v) is 36.9. The largest absolute Gasteiger partial charge is 0.497 e. The minimum Gasteiger partial charge on any atom is -0.497 e. The second kappa shape index (κ2) is 18.4. The third-order valence-electron chi connectivity index (χ3n) is 15.7. The van der Waals surface area contributed by atoms with Crippen LogP contribution in [0, 0.1) is 46.3 Å². The number of carbonyl (C=O) groups excluding carboxylic acids is 1. The highest BCUT2D eigenvalue weighted by Crippen LogP contribution is 2.67. The van der Waals surface area contributed by atoms with E-state index in [2.05, 4.69) is 46.0 Å². The van der Waals surface area contributed by atoms with Crippen LogP contribution in [0.4, 0.5) is 4.79 Å². The van der Waals surface area contributed by atoms with E-state index in [1.54, 1.807) is 14.2 Å². The molecule has 5 unspecified atom stereocenters. The molecule has 59 heavy (non-hydrogen) atoms. The molecule has 0 aliphatic heterocycles. The van der Waals surface area contributed by atoms with Crippen LogP contribution >= 0.6 is 0 Å². The van der Waals surface area contributed by atoms with Crippen molar-refractivity contribution in [2.45, 2.75) is 123 Å². The molecule has 0 saturated heterocycles. The van der Waals surface area contributed by atoms with Gasteiger partial charge in [0.15, 0.2) is 0 Å². The number of aliphatic hydroxyl groups excluding tert-OH is 1. The summed E-state index contributed by atoms with van der Waals surface area (Å²) in [5, 5.41) is 14.2. The number of rotatable bonds is 16. The second-order valence-corrected chi connectivity index (χ2v) is 19.4. The summed E-state index contributed by atoms with van der Waals surface area (Å²) >= 11 is 0. The van der Waals surface area contributed by atoms with Gasteiger partial charge >= 0.3 is 6.09 Å². The number of carbonyl (C=O) groups is 1. The van der Waals surface area contributed by atoms with Crippen LogP contribution in [0.25, 0.3) is 0 Å². The van der Waals surface area contributed by atoms with Crippen LogP contribution in [0.5, 0.6) is 11.5 Å². The number of allylic oxidation sites excluding steroid dienone is 1. The molecule has 7 rings (SSSR count). The molecule has 0 bridgehead atoms. The minimum atomic E-state index is -1.06. The average Bonchev–Trinajstić information content (AvgIpc) is 3.61. The standard InChI is InChI=1S/C52H71NO6/c1-35(2)12-11-13-36(3)46-26-27-47-45-25-20-40-32-44(28-30-50(40,4)48(45)29-31-51(46,47)5)59-49(55)53-33-41(54)34-58-52(37-14-9-8-10-15-37,38-16-21-42(56-6)22-17-38)39-18-23-43(57-7)24-19-39/h8-10,14-24,35-36,41,44-48,54H,11-13,25-34H2,1-7H3,(H,53,55)/t36-,41?,44+,45?,46-,47?,48?,50+,51?/m0/s1. The number of hydrogen-bond donors (Lipinski definition) is 2. The molecule has 3 aromatic carbocycles. The highest BCUT2D eigenvalue weighted by molar-refractivity contribution is 5.67. The van der Waals surface area contributed by atoms with Crippen molar-refractivity contribution >= 4 is 6.09 Å². The predicted molar refractivity (Wildman–Crippen MR) is 236 cm³/mol. The Bertz CT molecular complexity index is 1810. The first-order chi connectivity index (χ1) is 28.4. The maximum absolute atomic E-state index is 13.3. The quantitative estimate of drug-likeness (QED) is 0.111. The molecular weight excluding hydrogens is 735 g/mol. The van der Waals surface area contributed by atoms with Crippen molar-refractivity contribution in [3.8, 4) is 11.5 Å². The molecule has 0 spiro atoms. The van der Waals surface area contributed by atoms with Crippen molar-refractivity contribution in [2.24, 2.45) is 46.3 Å². The Morgan fingerprint density at radius 3 is 2.08 bits per heavy atom. The number of benzene rings is 3. The summed E-state index contributed by atoms with van der Waals surface area (Å²) in [7, 11) is 3.29. The fourth-order valence-electron chi connectivity index (χ4n) is 12.5. The summed E-state index contributed by atoms with van der Waals surface area (Å²) in [6, 6.07) is 25.6. The van der Waals surface area contributed by atoms with Gasteiger partial charge in [-0.2, -0.15) is 0 Å². The summed E-state index contributed by atoms with van der Waals surface area (Å²) in [4.78, 5) is 13.3. The van der Waals surface area contributed by atoms with Gasteiger partial charge in [0.1, 0.15) is 23.2 Å². The highest BCUT2D eigenvalue weighted by atomic mass is 16.6. The second-order valence-electron chi connectivity index (χ2n) is 19.4. The van der Waals surface area contributed by atoms with Crippen molar-refractivity contribution < 1.29 is 28.8 Å². The van der Waals surface area contributed by atoms with Crippen LogP contribution in [0.15, 0.2) is 90.5 Å². The number of hydrogen-bond acceptors (Lipinski definition) is 6. The Morgan fingerprint density at radius 1 is 0.814 bits per heavy atom. The van der Waals surface area contributed by atoms with E-state index >= 15 is 0 Å². The highest BCUT2D eigenvalue weighted by Gasteiger charge is 2.59. The molecule has 3 saturated carbocycles. The minimum absolute atomic E-state index is 0.00328. The summed E-state index contributed by atoms with van der Waals surface area (Å²) in [5.41, 5.74) is 3.75. The van der Waals surface area contributed by atoms with Crippen LogP contribution < -0.4 is 14.8 Å². The summed E-state index contributed by atoms with van der Waals surface area (Å²) < 4.78 is 23.9. The van der Waals surface area contributed by atoms with E-state index in [1.807, 2.05) is 78.9 Å². The first-order valence-electron chi connectivity index (χ1n) is 22.7. The number of aliphatic hydroxyl groups is 1. The first-order valence-corrected chi connectivity index (χ1v) is 22.7. The molecule has 4 aliphatic carbocycles. The Labute approximate surface area is 354 Å².